The summed E-state index contributed by atoms with van der Waals surface area (Å²) in [6.45, 7) is 12.6. The van der Waals surface area contributed by atoms with Crippen LogP contribution in [0.3, 0.4) is 0 Å². The standard InChI is InChI=1S/C19H34N4O3S2/c1-6-20-18(22-14-19(4,5)17-8-7-10-27-17)21-9-11-28(24,25)23-12-15(2)26-16(3)13-23/h7-8,10,15-16H,6,9,11-14H2,1-5H3,(H2,20,21,22). The lowest BCUT2D eigenvalue weighted by Crippen LogP contribution is -2.50. The molecule has 0 saturated carbocycles. The maximum atomic E-state index is 12.7. The third kappa shape index (κ3) is 6.72. The van der Waals surface area contributed by atoms with Gasteiger partial charge in [-0.2, -0.15) is 4.31 Å². The van der Waals surface area contributed by atoms with Crippen LogP contribution in [0.1, 0.15) is 39.5 Å². The van der Waals surface area contributed by atoms with Crippen molar-refractivity contribution in [2.24, 2.45) is 4.99 Å². The molecule has 2 atom stereocenters. The lowest BCUT2D eigenvalue weighted by molar-refractivity contribution is -0.0440. The number of aliphatic imine (C=N–C) groups is 1. The van der Waals surface area contributed by atoms with E-state index in [-0.39, 0.29) is 23.4 Å². The van der Waals surface area contributed by atoms with Crippen molar-refractivity contribution in [3.05, 3.63) is 22.4 Å². The number of guanidine groups is 1. The Balaban J connectivity index is 1.92. The molecule has 1 aromatic heterocycles. The van der Waals surface area contributed by atoms with Crippen LogP contribution < -0.4 is 10.6 Å². The quantitative estimate of drug-likeness (QED) is 0.487. The highest BCUT2D eigenvalue weighted by Gasteiger charge is 2.30. The average molecular weight is 431 g/mol. The summed E-state index contributed by atoms with van der Waals surface area (Å²) < 4.78 is 32.5. The molecule has 0 aromatic carbocycles. The predicted octanol–water partition coefficient (Wildman–Crippen LogP) is 2.02. The third-order valence-electron chi connectivity index (χ3n) is 4.60. The largest absolute Gasteiger partial charge is 0.373 e. The fourth-order valence-corrected chi connectivity index (χ4v) is 5.48. The molecule has 1 saturated heterocycles. The molecular weight excluding hydrogens is 396 g/mol. The fraction of sp³-hybridized carbons (Fsp3) is 0.737. The summed E-state index contributed by atoms with van der Waals surface area (Å²) >= 11 is 1.73. The van der Waals surface area contributed by atoms with Crippen LogP contribution in [0.15, 0.2) is 22.5 Å². The second-order valence-corrected chi connectivity index (χ2v) is 10.9. The molecular formula is C19H34N4O3S2. The third-order valence-corrected chi connectivity index (χ3v) is 7.64. The molecule has 1 aromatic rings. The highest BCUT2D eigenvalue weighted by atomic mass is 32.2. The van der Waals surface area contributed by atoms with Crippen molar-refractivity contribution in [2.75, 3.05) is 38.5 Å². The first-order valence-corrected chi connectivity index (χ1v) is 12.3. The molecule has 2 rings (SSSR count). The minimum Gasteiger partial charge on any atom is -0.373 e. The van der Waals surface area contributed by atoms with E-state index < -0.39 is 10.0 Å². The number of rotatable bonds is 8. The molecule has 1 aliphatic heterocycles. The Labute approximate surface area is 173 Å². The topological polar surface area (TPSA) is 83.0 Å². The molecule has 0 radical (unpaired) electrons. The van der Waals surface area contributed by atoms with Crippen LogP contribution in [0.4, 0.5) is 0 Å². The molecule has 0 bridgehead atoms. The number of thiophene rings is 1. The Morgan fingerprint density at radius 1 is 1.32 bits per heavy atom. The number of hydrogen-bond donors (Lipinski definition) is 2. The van der Waals surface area contributed by atoms with E-state index in [1.807, 2.05) is 26.8 Å². The van der Waals surface area contributed by atoms with Gasteiger partial charge in [-0.25, -0.2) is 8.42 Å². The van der Waals surface area contributed by atoms with Crippen LogP contribution in [0.2, 0.25) is 0 Å². The van der Waals surface area contributed by atoms with Gasteiger partial charge in [0.1, 0.15) is 0 Å². The molecule has 0 spiro atoms. The highest BCUT2D eigenvalue weighted by molar-refractivity contribution is 7.89. The summed E-state index contributed by atoms with van der Waals surface area (Å²) in [6, 6.07) is 4.17. The Morgan fingerprint density at radius 2 is 2.00 bits per heavy atom. The number of hydrogen-bond acceptors (Lipinski definition) is 5. The van der Waals surface area contributed by atoms with Gasteiger partial charge in [-0.05, 0) is 32.2 Å². The van der Waals surface area contributed by atoms with Crippen molar-refractivity contribution >= 4 is 27.3 Å². The molecule has 2 unspecified atom stereocenters. The van der Waals surface area contributed by atoms with Crippen molar-refractivity contribution in [1.29, 1.82) is 0 Å². The summed E-state index contributed by atoms with van der Waals surface area (Å²) in [7, 11) is -3.33. The lowest BCUT2D eigenvalue weighted by Gasteiger charge is -2.34. The van der Waals surface area contributed by atoms with Crippen molar-refractivity contribution in [3.8, 4) is 0 Å². The Kier molecular flexibility index (Phi) is 8.30. The van der Waals surface area contributed by atoms with Crippen molar-refractivity contribution in [2.45, 2.75) is 52.2 Å². The maximum Gasteiger partial charge on any atom is 0.216 e. The van der Waals surface area contributed by atoms with Gasteiger partial charge in [0.15, 0.2) is 5.96 Å². The van der Waals surface area contributed by atoms with E-state index in [2.05, 4.69) is 40.9 Å². The molecule has 1 fully saturated rings. The van der Waals surface area contributed by atoms with Gasteiger partial charge in [0.25, 0.3) is 0 Å². The van der Waals surface area contributed by atoms with E-state index in [1.54, 1.807) is 11.3 Å². The Morgan fingerprint density at radius 3 is 2.57 bits per heavy atom. The predicted molar refractivity (Wildman–Crippen MR) is 117 cm³/mol. The Bertz CT molecular complexity index is 722. The lowest BCUT2D eigenvalue weighted by atomic mass is 9.92. The number of sulfonamides is 1. The molecule has 9 heteroatoms. The van der Waals surface area contributed by atoms with Crippen LogP contribution in [0.5, 0.6) is 0 Å². The van der Waals surface area contributed by atoms with Gasteiger partial charge in [0, 0.05) is 36.5 Å². The zero-order chi connectivity index (χ0) is 20.8. The second kappa shape index (κ2) is 10.0. The number of ether oxygens (including phenoxy) is 1. The normalized spacial score (nSPS) is 22.2. The smallest absolute Gasteiger partial charge is 0.216 e. The molecule has 2 heterocycles. The minimum absolute atomic E-state index is 0.0329. The van der Waals surface area contributed by atoms with E-state index in [4.69, 9.17) is 4.74 Å². The van der Waals surface area contributed by atoms with Crippen molar-refractivity contribution in [3.63, 3.8) is 0 Å². The highest BCUT2D eigenvalue weighted by Crippen LogP contribution is 2.27. The zero-order valence-electron chi connectivity index (χ0n) is 17.6. The van der Waals surface area contributed by atoms with E-state index >= 15 is 0 Å². The van der Waals surface area contributed by atoms with E-state index in [0.29, 0.717) is 32.1 Å². The average Bonchev–Trinajstić information content (AvgIpc) is 3.14. The minimum atomic E-state index is -3.33. The van der Waals surface area contributed by atoms with E-state index in [1.165, 1.54) is 9.18 Å². The van der Waals surface area contributed by atoms with Crippen LogP contribution in [0.25, 0.3) is 0 Å². The van der Waals surface area contributed by atoms with Crippen LogP contribution in [-0.4, -0.2) is 69.4 Å². The van der Waals surface area contributed by atoms with Crippen LogP contribution in [-0.2, 0) is 20.2 Å². The van der Waals surface area contributed by atoms with Gasteiger partial charge in [-0.1, -0.05) is 19.9 Å². The summed E-state index contributed by atoms with van der Waals surface area (Å²) in [5, 5.41) is 8.43. The molecule has 2 N–H and O–H groups in total. The second-order valence-electron chi connectivity index (χ2n) is 7.87. The summed E-state index contributed by atoms with van der Waals surface area (Å²) in [5.74, 6) is 0.677. The molecule has 1 aliphatic rings. The fourth-order valence-electron chi connectivity index (χ4n) is 3.15. The zero-order valence-corrected chi connectivity index (χ0v) is 19.2. The molecule has 28 heavy (non-hydrogen) atoms. The van der Waals surface area contributed by atoms with E-state index in [9.17, 15) is 8.42 Å². The van der Waals surface area contributed by atoms with Gasteiger partial charge >= 0.3 is 0 Å². The Hall–Kier alpha value is -1.16. The van der Waals surface area contributed by atoms with Gasteiger partial charge < -0.3 is 15.4 Å². The first kappa shape index (κ1) is 23.1. The number of nitrogens with zero attached hydrogens (tertiary/aromatic N) is 2. The van der Waals surface area contributed by atoms with E-state index in [0.717, 1.165) is 6.54 Å². The van der Waals surface area contributed by atoms with Gasteiger partial charge in [-0.3, -0.25) is 4.99 Å². The van der Waals surface area contributed by atoms with Gasteiger partial charge in [0.05, 0.1) is 24.5 Å². The van der Waals surface area contributed by atoms with Gasteiger partial charge in [0.2, 0.25) is 10.0 Å². The summed E-state index contributed by atoms with van der Waals surface area (Å²) in [5.41, 5.74) is -0.0668. The first-order chi connectivity index (χ1) is 13.1. The van der Waals surface area contributed by atoms with Gasteiger partial charge in [-0.15, -0.1) is 11.3 Å². The van der Waals surface area contributed by atoms with Crippen molar-refractivity contribution in [1.82, 2.24) is 14.9 Å². The summed E-state index contributed by atoms with van der Waals surface area (Å²) in [6.07, 6.45) is -0.158. The molecule has 0 aliphatic carbocycles. The number of nitrogens with one attached hydrogen (secondary N) is 2. The SMILES string of the molecule is CCNC(=NCC(C)(C)c1cccs1)NCCS(=O)(=O)N1CC(C)OC(C)C1. The van der Waals surface area contributed by atoms with Crippen LogP contribution in [0, 0.1) is 0 Å². The molecule has 7 nitrogen and oxygen atoms in total. The monoisotopic (exact) mass is 430 g/mol. The number of morpholine rings is 1. The summed E-state index contributed by atoms with van der Waals surface area (Å²) in [4.78, 5) is 5.95. The molecule has 160 valence electrons. The maximum absolute atomic E-state index is 12.7. The first-order valence-electron chi connectivity index (χ1n) is 9.83. The molecule has 0 amide bonds. The van der Waals surface area contributed by atoms with Crippen LogP contribution >= 0.6 is 11.3 Å². The van der Waals surface area contributed by atoms with Crippen molar-refractivity contribution < 1.29 is 13.2 Å².